The summed E-state index contributed by atoms with van der Waals surface area (Å²) in [6, 6.07) is 7.38. The molecule has 0 saturated carbocycles. The predicted molar refractivity (Wildman–Crippen MR) is 117 cm³/mol. The molecule has 1 aromatic carbocycles. The molecule has 32 heavy (non-hydrogen) atoms. The predicted octanol–water partition coefficient (Wildman–Crippen LogP) is 2.23. The van der Waals surface area contributed by atoms with Crippen LogP contribution in [0.15, 0.2) is 41.0 Å². The summed E-state index contributed by atoms with van der Waals surface area (Å²) < 4.78 is 31.1. The third kappa shape index (κ3) is 3.88. The molecular weight excluding hydrogens is 458 g/mol. The summed E-state index contributed by atoms with van der Waals surface area (Å²) in [5, 5.41) is 0.149. The van der Waals surface area contributed by atoms with Crippen LogP contribution in [0.4, 0.5) is 5.69 Å². The number of hydrogen-bond donors (Lipinski definition) is 0. The van der Waals surface area contributed by atoms with Crippen molar-refractivity contribution in [2.45, 2.75) is 13.8 Å². The third-order valence-corrected chi connectivity index (χ3v) is 7.93. The Hall–Kier alpha value is -2.85. The molecule has 2 saturated heterocycles. The van der Waals surface area contributed by atoms with E-state index in [1.807, 2.05) is 0 Å². The van der Waals surface area contributed by atoms with Gasteiger partial charge in [-0.25, -0.2) is 12.7 Å². The fourth-order valence-electron chi connectivity index (χ4n) is 3.90. The van der Waals surface area contributed by atoms with Crippen LogP contribution in [0.1, 0.15) is 34.8 Å². The van der Waals surface area contributed by atoms with E-state index in [9.17, 15) is 22.8 Å². The van der Waals surface area contributed by atoms with E-state index < -0.39 is 27.3 Å². The summed E-state index contributed by atoms with van der Waals surface area (Å²) in [7, 11) is -3.85. The smallest absolute Gasteiger partial charge is 0.289 e. The second kappa shape index (κ2) is 7.93. The Kier molecular flexibility index (Phi) is 5.54. The SMILES string of the molecule is CC1(C)CS(=O)(=O)N(c2ccc(Cl)c(C(=O)N3CCN(C(=O)c4ccco4)CC3)c2)C1=O. The first-order valence-electron chi connectivity index (χ1n) is 10.0. The lowest BCUT2D eigenvalue weighted by atomic mass is 9.95. The lowest BCUT2D eigenvalue weighted by Crippen LogP contribution is -2.50. The van der Waals surface area contributed by atoms with Gasteiger partial charge in [0.05, 0.1) is 33.7 Å². The highest BCUT2D eigenvalue weighted by Gasteiger charge is 2.50. The van der Waals surface area contributed by atoms with Gasteiger partial charge in [-0.1, -0.05) is 11.6 Å². The number of furan rings is 1. The number of benzene rings is 1. The van der Waals surface area contributed by atoms with Gasteiger partial charge >= 0.3 is 0 Å². The zero-order valence-electron chi connectivity index (χ0n) is 17.6. The molecule has 0 atom stereocenters. The lowest BCUT2D eigenvalue weighted by Gasteiger charge is -2.34. The first-order valence-corrected chi connectivity index (χ1v) is 12.0. The van der Waals surface area contributed by atoms with Crippen molar-refractivity contribution in [2.24, 2.45) is 5.41 Å². The van der Waals surface area contributed by atoms with Crippen molar-refractivity contribution in [3.05, 3.63) is 52.9 Å². The minimum atomic E-state index is -3.85. The van der Waals surface area contributed by atoms with Gasteiger partial charge in [0, 0.05) is 26.2 Å². The van der Waals surface area contributed by atoms with Gasteiger partial charge in [-0.3, -0.25) is 14.4 Å². The molecule has 0 bridgehead atoms. The second-order valence-electron chi connectivity index (χ2n) is 8.44. The molecule has 0 unspecified atom stereocenters. The summed E-state index contributed by atoms with van der Waals surface area (Å²) in [6.07, 6.45) is 1.43. The van der Waals surface area contributed by atoms with Crippen molar-refractivity contribution in [1.82, 2.24) is 9.80 Å². The first kappa shape index (κ1) is 22.3. The van der Waals surface area contributed by atoms with Gasteiger partial charge < -0.3 is 14.2 Å². The number of carbonyl (C=O) groups excluding carboxylic acids is 3. The largest absolute Gasteiger partial charge is 0.459 e. The Labute approximate surface area is 190 Å². The van der Waals surface area contributed by atoms with E-state index in [1.165, 1.54) is 24.5 Å². The van der Waals surface area contributed by atoms with Crippen LogP contribution in [0.3, 0.4) is 0 Å². The maximum atomic E-state index is 13.1. The average Bonchev–Trinajstić information content (AvgIpc) is 3.33. The van der Waals surface area contributed by atoms with Crippen molar-refractivity contribution >= 4 is 45.0 Å². The molecule has 0 radical (unpaired) electrons. The minimum Gasteiger partial charge on any atom is -0.459 e. The van der Waals surface area contributed by atoms with Gasteiger partial charge in [-0.15, -0.1) is 0 Å². The molecule has 4 rings (SSSR count). The molecule has 0 aliphatic carbocycles. The summed E-state index contributed by atoms with van der Waals surface area (Å²) in [5.41, 5.74) is -0.873. The third-order valence-electron chi connectivity index (χ3n) is 5.59. The normalized spacial score (nSPS) is 20.0. The van der Waals surface area contributed by atoms with Gasteiger partial charge in [-0.05, 0) is 44.2 Å². The molecule has 2 fully saturated rings. The number of hydrogen-bond acceptors (Lipinski definition) is 6. The number of halogens is 1. The monoisotopic (exact) mass is 479 g/mol. The molecule has 170 valence electrons. The molecule has 9 nitrogen and oxygen atoms in total. The first-order chi connectivity index (χ1) is 15.0. The molecule has 2 aliphatic rings. The van der Waals surface area contributed by atoms with Gasteiger partial charge in [0.1, 0.15) is 0 Å². The molecule has 2 aromatic rings. The standard InChI is InChI=1S/C21H22ClN3O6S/c1-21(2)13-32(29,30)25(20(21)28)14-5-6-16(22)15(12-14)18(26)23-7-9-24(10-8-23)19(27)17-4-3-11-31-17/h3-6,11-12H,7-10,13H2,1-2H3. The number of amides is 3. The molecule has 3 heterocycles. The summed E-state index contributed by atoms with van der Waals surface area (Å²) in [5.74, 6) is -1.27. The van der Waals surface area contributed by atoms with E-state index in [-0.39, 0.29) is 46.8 Å². The van der Waals surface area contributed by atoms with Crippen LogP contribution in [-0.2, 0) is 14.8 Å². The average molecular weight is 480 g/mol. The Morgan fingerprint density at radius 1 is 1.03 bits per heavy atom. The summed E-state index contributed by atoms with van der Waals surface area (Å²) >= 11 is 6.25. The van der Waals surface area contributed by atoms with E-state index in [2.05, 4.69) is 0 Å². The molecule has 2 aliphatic heterocycles. The van der Waals surface area contributed by atoms with E-state index >= 15 is 0 Å². The zero-order valence-corrected chi connectivity index (χ0v) is 19.1. The Bertz CT molecular complexity index is 1180. The molecule has 11 heteroatoms. The van der Waals surface area contributed by atoms with Crippen molar-refractivity contribution in [3.8, 4) is 0 Å². The summed E-state index contributed by atoms with van der Waals surface area (Å²) in [4.78, 5) is 41.4. The van der Waals surface area contributed by atoms with Gasteiger partial charge in [0.15, 0.2) is 5.76 Å². The Morgan fingerprint density at radius 2 is 1.66 bits per heavy atom. The zero-order chi connectivity index (χ0) is 23.3. The quantitative estimate of drug-likeness (QED) is 0.668. The van der Waals surface area contributed by atoms with Crippen molar-refractivity contribution in [2.75, 3.05) is 36.2 Å². The van der Waals surface area contributed by atoms with Crippen molar-refractivity contribution < 1.29 is 27.2 Å². The topological polar surface area (TPSA) is 108 Å². The van der Waals surface area contributed by atoms with E-state index in [0.29, 0.717) is 13.1 Å². The highest BCUT2D eigenvalue weighted by Crippen LogP contribution is 2.37. The van der Waals surface area contributed by atoms with Crippen molar-refractivity contribution in [3.63, 3.8) is 0 Å². The Morgan fingerprint density at radius 3 is 2.19 bits per heavy atom. The molecular formula is C21H22ClN3O6S. The molecule has 1 aromatic heterocycles. The maximum Gasteiger partial charge on any atom is 0.289 e. The number of sulfonamides is 1. The van der Waals surface area contributed by atoms with Crippen LogP contribution in [0.2, 0.25) is 5.02 Å². The number of carbonyl (C=O) groups is 3. The van der Waals surface area contributed by atoms with E-state index in [0.717, 1.165) is 4.31 Å². The highest BCUT2D eigenvalue weighted by atomic mass is 35.5. The minimum absolute atomic E-state index is 0.0833. The number of nitrogens with zero attached hydrogens (tertiary/aromatic N) is 3. The fraction of sp³-hybridized carbons (Fsp3) is 0.381. The number of piperazine rings is 1. The van der Waals surface area contributed by atoms with Crippen LogP contribution < -0.4 is 4.31 Å². The van der Waals surface area contributed by atoms with Gasteiger partial charge in [0.25, 0.3) is 11.8 Å². The summed E-state index contributed by atoms with van der Waals surface area (Å²) in [6.45, 7) is 4.32. The van der Waals surface area contributed by atoms with Crippen LogP contribution >= 0.6 is 11.6 Å². The Balaban J connectivity index is 1.53. The van der Waals surface area contributed by atoms with E-state index in [1.54, 1.807) is 35.8 Å². The molecule has 0 spiro atoms. The molecule has 3 amide bonds. The highest BCUT2D eigenvalue weighted by molar-refractivity contribution is 7.94. The van der Waals surface area contributed by atoms with Crippen LogP contribution in [0, 0.1) is 5.41 Å². The van der Waals surface area contributed by atoms with E-state index in [4.69, 9.17) is 16.0 Å². The lowest BCUT2D eigenvalue weighted by molar-refractivity contribution is -0.123. The van der Waals surface area contributed by atoms with Crippen molar-refractivity contribution in [1.29, 1.82) is 0 Å². The fourth-order valence-corrected chi connectivity index (χ4v) is 6.20. The number of anilines is 1. The molecule has 0 N–H and O–H groups in total. The van der Waals surface area contributed by atoms with Gasteiger partial charge in [0.2, 0.25) is 15.9 Å². The van der Waals surface area contributed by atoms with Crippen LogP contribution in [-0.4, -0.2) is 67.9 Å². The van der Waals surface area contributed by atoms with Gasteiger partial charge in [-0.2, -0.15) is 0 Å². The second-order valence-corrected chi connectivity index (χ2v) is 10.7. The van der Waals surface area contributed by atoms with Crippen LogP contribution in [0.5, 0.6) is 0 Å². The number of rotatable bonds is 3. The van der Waals surface area contributed by atoms with Crippen LogP contribution in [0.25, 0.3) is 0 Å². The maximum absolute atomic E-state index is 13.1.